The van der Waals surface area contributed by atoms with Crippen LogP contribution in [0.2, 0.25) is 0 Å². The molecule has 0 fully saturated rings. The Hall–Kier alpha value is -2.03. The standard InChI is InChI=1S/C15H14FNO/c1-9-5-12(7-13(16)6-9)15(18)14-11(3)4-10(2)8-17-14/h4-8H,1-3H3. The number of pyridine rings is 1. The van der Waals surface area contributed by atoms with Gasteiger partial charge in [0.2, 0.25) is 5.78 Å². The van der Waals surface area contributed by atoms with Crippen LogP contribution < -0.4 is 0 Å². The molecule has 0 bridgehead atoms. The fourth-order valence-corrected chi connectivity index (χ4v) is 1.96. The molecule has 3 heteroatoms. The summed E-state index contributed by atoms with van der Waals surface area (Å²) >= 11 is 0. The third-order valence-electron chi connectivity index (χ3n) is 2.73. The molecule has 0 radical (unpaired) electrons. The first-order valence-electron chi connectivity index (χ1n) is 5.72. The van der Waals surface area contributed by atoms with Crippen LogP contribution in [0.15, 0.2) is 30.5 Å². The molecular weight excluding hydrogens is 229 g/mol. The fourth-order valence-electron chi connectivity index (χ4n) is 1.96. The minimum Gasteiger partial charge on any atom is -0.287 e. The van der Waals surface area contributed by atoms with Gasteiger partial charge in [-0.15, -0.1) is 0 Å². The molecule has 0 aliphatic rings. The summed E-state index contributed by atoms with van der Waals surface area (Å²) in [5.74, 6) is -0.641. The highest BCUT2D eigenvalue weighted by Gasteiger charge is 2.14. The molecule has 0 aliphatic heterocycles. The van der Waals surface area contributed by atoms with Crippen LogP contribution in [-0.4, -0.2) is 10.8 Å². The number of halogens is 1. The van der Waals surface area contributed by atoms with Crippen molar-refractivity contribution in [2.75, 3.05) is 0 Å². The highest BCUT2D eigenvalue weighted by Crippen LogP contribution is 2.15. The Morgan fingerprint density at radius 3 is 2.39 bits per heavy atom. The quantitative estimate of drug-likeness (QED) is 0.757. The summed E-state index contributed by atoms with van der Waals surface area (Å²) in [5.41, 5.74) is 3.25. The average molecular weight is 243 g/mol. The molecule has 18 heavy (non-hydrogen) atoms. The molecule has 0 saturated heterocycles. The van der Waals surface area contributed by atoms with E-state index in [1.165, 1.54) is 12.1 Å². The van der Waals surface area contributed by atoms with Crippen LogP contribution in [0.3, 0.4) is 0 Å². The average Bonchev–Trinajstić information content (AvgIpc) is 2.26. The number of benzene rings is 1. The maximum Gasteiger partial charge on any atom is 0.211 e. The molecule has 92 valence electrons. The van der Waals surface area contributed by atoms with Crippen LogP contribution in [0.5, 0.6) is 0 Å². The van der Waals surface area contributed by atoms with E-state index in [1.807, 2.05) is 19.9 Å². The van der Waals surface area contributed by atoms with Gasteiger partial charge in [0.25, 0.3) is 0 Å². The van der Waals surface area contributed by atoms with Crippen molar-refractivity contribution in [2.45, 2.75) is 20.8 Å². The number of aryl methyl sites for hydroxylation is 3. The van der Waals surface area contributed by atoms with Gasteiger partial charge in [0.1, 0.15) is 11.5 Å². The number of rotatable bonds is 2. The van der Waals surface area contributed by atoms with Gasteiger partial charge in [0, 0.05) is 11.8 Å². The van der Waals surface area contributed by atoms with Gasteiger partial charge in [0.15, 0.2) is 0 Å². The van der Waals surface area contributed by atoms with Gasteiger partial charge in [0.05, 0.1) is 0 Å². The van der Waals surface area contributed by atoms with Crippen LogP contribution in [0.25, 0.3) is 0 Å². The Morgan fingerprint density at radius 1 is 1.06 bits per heavy atom. The minimum absolute atomic E-state index is 0.241. The molecule has 0 amide bonds. The Morgan fingerprint density at radius 2 is 1.78 bits per heavy atom. The molecular formula is C15H14FNO. The minimum atomic E-state index is -0.400. The molecule has 0 atom stereocenters. The summed E-state index contributed by atoms with van der Waals surface area (Å²) in [7, 11) is 0. The van der Waals surface area contributed by atoms with Crippen molar-refractivity contribution in [3.8, 4) is 0 Å². The van der Waals surface area contributed by atoms with E-state index in [1.54, 1.807) is 19.2 Å². The normalized spacial score (nSPS) is 10.4. The number of nitrogens with zero attached hydrogens (tertiary/aromatic N) is 1. The molecule has 0 spiro atoms. The van der Waals surface area contributed by atoms with Crippen molar-refractivity contribution in [3.05, 3.63) is 64.2 Å². The number of aromatic nitrogens is 1. The van der Waals surface area contributed by atoms with Crippen molar-refractivity contribution in [1.82, 2.24) is 4.98 Å². The molecule has 2 aromatic rings. The van der Waals surface area contributed by atoms with E-state index in [-0.39, 0.29) is 5.78 Å². The third kappa shape index (κ3) is 2.45. The van der Waals surface area contributed by atoms with Gasteiger partial charge in [-0.3, -0.25) is 9.78 Å². The van der Waals surface area contributed by atoms with E-state index >= 15 is 0 Å². The van der Waals surface area contributed by atoms with Gasteiger partial charge in [-0.1, -0.05) is 6.07 Å². The van der Waals surface area contributed by atoms with Crippen LogP contribution in [0, 0.1) is 26.6 Å². The van der Waals surface area contributed by atoms with E-state index in [2.05, 4.69) is 4.98 Å². The number of carbonyl (C=O) groups excluding carboxylic acids is 1. The summed E-state index contributed by atoms with van der Waals surface area (Å²) in [6.45, 7) is 5.51. The Kier molecular flexibility index (Phi) is 3.24. The van der Waals surface area contributed by atoms with E-state index in [9.17, 15) is 9.18 Å². The Bertz CT molecular complexity index is 600. The van der Waals surface area contributed by atoms with Gasteiger partial charge in [-0.05, 0) is 55.7 Å². The summed E-state index contributed by atoms with van der Waals surface area (Å²) in [4.78, 5) is 16.4. The monoisotopic (exact) mass is 243 g/mol. The van der Waals surface area contributed by atoms with E-state index in [4.69, 9.17) is 0 Å². The molecule has 2 nitrogen and oxygen atoms in total. The maximum absolute atomic E-state index is 13.3. The molecule has 1 heterocycles. The second-order valence-corrected chi connectivity index (χ2v) is 4.52. The molecule has 0 aliphatic carbocycles. The van der Waals surface area contributed by atoms with Crippen LogP contribution in [-0.2, 0) is 0 Å². The van der Waals surface area contributed by atoms with Crippen molar-refractivity contribution in [3.63, 3.8) is 0 Å². The van der Waals surface area contributed by atoms with Crippen LogP contribution in [0.1, 0.15) is 32.7 Å². The van der Waals surface area contributed by atoms with Crippen molar-refractivity contribution in [2.24, 2.45) is 0 Å². The van der Waals surface area contributed by atoms with Crippen LogP contribution in [0.4, 0.5) is 4.39 Å². The van der Waals surface area contributed by atoms with Crippen molar-refractivity contribution in [1.29, 1.82) is 0 Å². The summed E-state index contributed by atoms with van der Waals surface area (Å²) in [6, 6.07) is 6.21. The predicted octanol–water partition coefficient (Wildman–Crippen LogP) is 3.38. The molecule has 2 rings (SSSR count). The molecule has 0 unspecified atom stereocenters. The Balaban J connectivity index is 2.47. The second-order valence-electron chi connectivity index (χ2n) is 4.52. The Labute approximate surface area is 105 Å². The number of ketones is 1. The zero-order valence-electron chi connectivity index (χ0n) is 10.6. The van der Waals surface area contributed by atoms with Crippen molar-refractivity contribution >= 4 is 5.78 Å². The van der Waals surface area contributed by atoms with Gasteiger partial charge >= 0.3 is 0 Å². The third-order valence-corrected chi connectivity index (χ3v) is 2.73. The van der Waals surface area contributed by atoms with Gasteiger partial charge in [-0.25, -0.2) is 4.39 Å². The zero-order chi connectivity index (χ0) is 13.3. The number of carbonyl (C=O) groups is 1. The SMILES string of the molecule is Cc1cc(F)cc(C(=O)c2ncc(C)cc2C)c1. The summed E-state index contributed by atoms with van der Waals surface area (Å²) in [5, 5.41) is 0. The lowest BCUT2D eigenvalue weighted by molar-refractivity contribution is 0.103. The number of hydrogen-bond donors (Lipinski definition) is 0. The largest absolute Gasteiger partial charge is 0.287 e. The van der Waals surface area contributed by atoms with Gasteiger partial charge < -0.3 is 0 Å². The lowest BCUT2D eigenvalue weighted by Crippen LogP contribution is -2.07. The summed E-state index contributed by atoms with van der Waals surface area (Å²) in [6.07, 6.45) is 1.65. The van der Waals surface area contributed by atoms with E-state index < -0.39 is 5.82 Å². The fraction of sp³-hybridized carbons (Fsp3) is 0.200. The lowest BCUT2D eigenvalue weighted by Gasteiger charge is -2.06. The van der Waals surface area contributed by atoms with E-state index in [0.29, 0.717) is 11.3 Å². The topological polar surface area (TPSA) is 30.0 Å². The smallest absolute Gasteiger partial charge is 0.211 e. The molecule has 1 aromatic heterocycles. The van der Waals surface area contributed by atoms with E-state index in [0.717, 1.165) is 16.7 Å². The van der Waals surface area contributed by atoms with Gasteiger partial charge in [-0.2, -0.15) is 0 Å². The van der Waals surface area contributed by atoms with Crippen LogP contribution >= 0.6 is 0 Å². The first-order valence-corrected chi connectivity index (χ1v) is 5.72. The number of hydrogen-bond acceptors (Lipinski definition) is 2. The lowest BCUT2D eigenvalue weighted by atomic mass is 10.0. The van der Waals surface area contributed by atoms with Crippen molar-refractivity contribution < 1.29 is 9.18 Å². The molecule has 1 aromatic carbocycles. The highest BCUT2D eigenvalue weighted by atomic mass is 19.1. The first-order chi connectivity index (χ1) is 8.47. The predicted molar refractivity (Wildman–Crippen MR) is 68.3 cm³/mol. The second kappa shape index (κ2) is 4.69. The molecule has 0 N–H and O–H groups in total. The summed E-state index contributed by atoms with van der Waals surface area (Å²) < 4.78 is 13.3. The maximum atomic E-state index is 13.3. The highest BCUT2D eigenvalue weighted by molar-refractivity contribution is 6.08. The first kappa shape index (κ1) is 12.4. The molecule has 0 saturated carbocycles. The zero-order valence-corrected chi connectivity index (χ0v) is 10.6.